The molecule has 3 fully saturated rings. The van der Waals surface area contributed by atoms with Crippen molar-refractivity contribution in [3.05, 3.63) is 61.1 Å². The number of aromatic nitrogens is 3. The Hall–Kier alpha value is -2.97. The Balaban J connectivity index is 1.24. The molecular formula is C30H36N6OS. The van der Waals surface area contributed by atoms with Gasteiger partial charge in [0.2, 0.25) is 0 Å². The summed E-state index contributed by atoms with van der Waals surface area (Å²) in [7, 11) is 0. The smallest absolute Gasteiger partial charge is 0.129 e. The molecule has 2 saturated heterocycles. The van der Waals surface area contributed by atoms with Crippen LogP contribution >= 0.6 is 11.9 Å². The molecule has 3 aromatic rings. The molecule has 1 atom stereocenters. The van der Waals surface area contributed by atoms with E-state index in [1.807, 2.05) is 29.0 Å². The highest BCUT2D eigenvalue weighted by Crippen LogP contribution is 2.37. The van der Waals surface area contributed by atoms with Crippen molar-refractivity contribution in [3.8, 4) is 16.8 Å². The highest BCUT2D eigenvalue weighted by molar-refractivity contribution is 8.01. The molecular weight excluding hydrogens is 492 g/mol. The first-order valence-corrected chi connectivity index (χ1v) is 15.0. The molecule has 0 amide bonds. The average molecular weight is 529 g/mol. The van der Waals surface area contributed by atoms with Crippen molar-refractivity contribution in [1.82, 2.24) is 14.8 Å². The third-order valence-corrected chi connectivity index (χ3v) is 9.31. The van der Waals surface area contributed by atoms with E-state index in [9.17, 15) is 0 Å². The first-order valence-electron chi connectivity index (χ1n) is 14.1. The molecule has 7 nitrogen and oxygen atoms in total. The summed E-state index contributed by atoms with van der Waals surface area (Å²) in [5.74, 6) is 1.59. The van der Waals surface area contributed by atoms with Crippen LogP contribution in [-0.2, 0) is 4.74 Å². The lowest BCUT2D eigenvalue weighted by atomic mass is 9.97. The monoisotopic (exact) mass is 528 g/mol. The Morgan fingerprint density at radius 2 is 1.84 bits per heavy atom. The van der Waals surface area contributed by atoms with Crippen LogP contribution in [0.1, 0.15) is 38.5 Å². The van der Waals surface area contributed by atoms with Gasteiger partial charge >= 0.3 is 0 Å². The van der Waals surface area contributed by atoms with Crippen LogP contribution in [-0.4, -0.2) is 58.9 Å². The topological polar surface area (TPSA) is 58.5 Å². The van der Waals surface area contributed by atoms with Crippen LogP contribution in [0.25, 0.3) is 16.8 Å². The van der Waals surface area contributed by atoms with E-state index >= 15 is 0 Å². The van der Waals surface area contributed by atoms with E-state index < -0.39 is 0 Å². The summed E-state index contributed by atoms with van der Waals surface area (Å²) < 4.78 is 11.9. The highest BCUT2D eigenvalue weighted by Gasteiger charge is 2.25. The molecule has 198 valence electrons. The van der Waals surface area contributed by atoms with Gasteiger partial charge in [0.1, 0.15) is 5.82 Å². The fourth-order valence-electron chi connectivity index (χ4n) is 5.82. The summed E-state index contributed by atoms with van der Waals surface area (Å²) in [6, 6.07) is 11.0. The van der Waals surface area contributed by atoms with Crippen LogP contribution in [0.3, 0.4) is 0 Å². The number of piperidine rings is 2. The van der Waals surface area contributed by atoms with Crippen molar-refractivity contribution in [2.45, 2.75) is 49.9 Å². The van der Waals surface area contributed by atoms with Crippen LogP contribution in [0.4, 0.5) is 17.2 Å². The van der Waals surface area contributed by atoms with Gasteiger partial charge in [0.05, 0.1) is 30.3 Å². The lowest BCUT2D eigenvalue weighted by Gasteiger charge is -2.34. The lowest BCUT2D eigenvalue weighted by Crippen LogP contribution is -2.37. The second-order valence-corrected chi connectivity index (χ2v) is 12.1. The van der Waals surface area contributed by atoms with E-state index in [1.165, 1.54) is 31.4 Å². The van der Waals surface area contributed by atoms with Crippen LogP contribution < -0.4 is 14.5 Å². The zero-order valence-electron chi connectivity index (χ0n) is 21.8. The molecule has 6 heterocycles. The van der Waals surface area contributed by atoms with Gasteiger partial charge in [-0.3, -0.25) is 0 Å². The fraction of sp³-hybridized carbons (Fsp3) is 0.467. The molecule has 4 aliphatic heterocycles. The van der Waals surface area contributed by atoms with E-state index in [2.05, 4.69) is 63.2 Å². The SMILES string of the molecule is C1=C\C2CCCN(C2)c2cc(ccn2)-c2cnn(c2)-c2ccc(NSC3CC3)cc2N2CCC(CC2)OC/1. The van der Waals surface area contributed by atoms with Gasteiger partial charge in [-0.15, -0.1) is 0 Å². The largest absolute Gasteiger partial charge is 0.374 e. The van der Waals surface area contributed by atoms with Gasteiger partial charge in [0, 0.05) is 55.1 Å². The molecule has 1 aliphatic carbocycles. The second-order valence-electron chi connectivity index (χ2n) is 11.0. The zero-order chi connectivity index (χ0) is 25.3. The number of anilines is 3. The van der Waals surface area contributed by atoms with Crippen molar-refractivity contribution in [3.63, 3.8) is 0 Å². The summed E-state index contributed by atoms with van der Waals surface area (Å²) in [5, 5.41) is 5.59. The summed E-state index contributed by atoms with van der Waals surface area (Å²) in [6.07, 6.45) is 18.1. The summed E-state index contributed by atoms with van der Waals surface area (Å²) >= 11 is 1.85. The lowest BCUT2D eigenvalue weighted by molar-refractivity contribution is 0.0560. The number of nitrogens with one attached hydrogen (secondary N) is 1. The number of pyridine rings is 1. The van der Waals surface area contributed by atoms with Gasteiger partial charge in [0.25, 0.3) is 0 Å². The average Bonchev–Trinajstić information content (AvgIpc) is 3.68. The molecule has 38 heavy (non-hydrogen) atoms. The van der Waals surface area contributed by atoms with E-state index in [0.29, 0.717) is 18.6 Å². The number of nitrogens with zero attached hydrogens (tertiary/aromatic N) is 5. The Morgan fingerprint density at radius 3 is 2.74 bits per heavy atom. The Morgan fingerprint density at radius 1 is 0.921 bits per heavy atom. The summed E-state index contributed by atoms with van der Waals surface area (Å²) in [6.45, 7) is 4.73. The molecule has 2 aromatic heterocycles. The van der Waals surface area contributed by atoms with Crippen molar-refractivity contribution < 1.29 is 4.74 Å². The van der Waals surface area contributed by atoms with E-state index in [4.69, 9.17) is 14.8 Å². The number of benzene rings is 1. The molecule has 1 saturated carbocycles. The summed E-state index contributed by atoms with van der Waals surface area (Å²) in [4.78, 5) is 9.68. The fourth-order valence-corrected chi connectivity index (χ4v) is 6.63. The first-order chi connectivity index (χ1) is 18.8. The maximum Gasteiger partial charge on any atom is 0.129 e. The van der Waals surface area contributed by atoms with E-state index in [0.717, 1.165) is 72.6 Å². The predicted molar refractivity (Wildman–Crippen MR) is 156 cm³/mol. The number of rotatable bonds is 3. The maximum atomic E-state index is 6.30. The minimum Gasteiger partial charge on any atom is -0.374 e. The van der Waals surface area contributed by atoms with Gasteiger partial charge in [0.15, 0.2) is 0 Å². The van der Waals surface area contributed by atoms with Gasteiger partial charge < -0.3 is 19.3 Å². The number of hydrogen-bond acceptors (Lipinski definition) is 7. The predicted octanol–water partition coefficient (Wildman–Crippen LogP) is 5.93. The van der Waals surface area contributed by atoms with Crippen molar-refractivity contribution in [1.29, 1.82) is 0 Å². The van der Waals surface area contributed by atoms with E-state index in [1.54, 1.807) is 0 Å². The maximum absolute atomic E-state index is 6.30. The zero-order valence-corrected chi connectivity index (χ0v) is 22.7. The number of fused-ring (bicyclic) bond motifs is 4. The van der Waals surface area contributed by atoms with E-state index in [-0.39, 0.29) is 0 Å². The quantitative estimate of drug-likeness (QED) is 0.334. The first kappa shape index (κ1) is 24.1. The molecule has 0 spiro atoms. The Labute approximate surface area is 229 Å². The number of ether oxygens (including phenoxy) is 1. The van der Waals surface area contributed by atoms with Crippen LogP contribution in [0.15, 0.2) is 61.1 Å². The molecule has 1 unspecified atom stereocenters. The third kappa shape index (κ3) is 5.29. The normalized spacial score (nSPS) is 24.2. The van der Waals surface area contributed by atoms with Crippen molar-refractivity contribution >= 4 is 29.1 Å². The van der Waals surface area contributed by atoms with Gasteiger partial charge in [-0.05, 0) is 92.3 Å². The Kier molecular flexibility index (Phi) is 6.76. The summed E-state index contributed by atoms with van der Waals surface area (Å²) in [5.41, 5.74) is 5.78. The van der Waals surface area contributed by atoms with Gasteiger partial charge in [-0.2, -0.15) is 5.10 Å². The molecule has 1 aromatic carbocycles. The molecule has 1 N–H and O–H groups in total. The standard InChI is InChI=1S/C30H36N6OS/c1-3-22-4-2-16-37-26-10-14-34(15-11-26)29-18-25(33-38-27-6-7-27)5-8-28(29)36-21-24(19-32-36)23-9-12-31-30(17-23)35(13-1)20-22/h2,4-5,8-9,12,17-19,21-22,26-27,33H,1,3,6-7,10-11,13-16,20H2/b4-2-. The second kappa shape index (κ2) is 10.7. The minimum absolute atomic E-state index is 0.318. The van der Waals surface area contributed by atoms with Gasteiger partial charge in [-0.1, -0.05) is 12.2 Å². The van der Waals surface area contributed by atoms with Crippen molar-refractivity contribution in [2.24, 2.45) is 5.92 Å². The molecule has 8 rings (SSSR count). The molecule has 8 heteroatoms. The molecule has 8 bridgehead atoms. The van der Waals surface area contributed by atoms with Crippen LogP contribution in [0.5, 0.6) is 0 Å². The van der Waals surface area contributed by atoms with Crippen LogP contribution in [0, 0.1) is 5.92 Å². The van der Waals surface area contributed by atoms with Gasteiger partial charge in [-0.25, -0.2) is 9.67 Å². The minimum atomic E-state index is 0.318. The third-order valence-electron chi connectivity index (χ3n) is 8.15. The number of hydrogen-bond donors (Lipinski definition) is 1. The highest BCUT2D eigenvalue weighted by atomic mass is 32.2. The van der Waals surface area contributed by atoms with Crippen LogP contribution in [0.2, 0.25) is 0 Å². The Bertz CT molecular complexity index is 1300. The molecule has 0 radical (unpaired) electrons. The van der Waals surface area contributed by atoms with Crippen molar-refractivity contribution in [2.75, 3.05) is 47.3 Å². The molecule has 5 aliphatic rings.